The Morgan fingerprint density at radius 3 is 2.56 bits per heavy atom. The second-order valence-corrected chi connectivity index (χ2v) is 5.67. The smallest absolute Gasteiger partial charge is 0.349 e. The molecular weight excluding hydrogens is 318 g/mol. The first-order valence-electron chi connectivity index (χ1n) is 7.68. The molecule has 0 aliphatic rings. The summed E-state index contributed by atoms with van der Waals surface area (Å²) in [6.45, 7) is 0. The van der Waals surface area contributed by atoms with Crippen LogP contribution in [0.25, 0.3) is 11.0 Å². The summed E-state index contributed by atoms with van der Waals surface area (Å²) in [4.78, 5) is 26.1. The zero-order valence-corrected chi connectivity index (χ0v) is 13.9. The van der Waals surface area contributed by atoms with E-state index < -0.39 is 11.5 Å². The molecule has 0 saturated heterocycles. The van der Waals surface area contributed by atoms with Gasteiger partial charge in [0, 0.05) is 25.2 Å². The second-order valence-electron chi connectivity index (χ2n) is 5.67. The van der Waals surface area contributed by atoms with Crippen LogP contribution in [0.3, 0.4) is 0 Å². The van der Waals surface area contributed by atoms with E-state index in [1.165, 1.54) is 12.3 Å². The molecule has 0 spiro atoms. The zero-order valence-electron chi connectivity index (χ0n) is 13.9. The van der Waals surface area contributed by atoms with Crippen LogP contribution in [-0.2, 0) is 0 Å². The van der Waals surface area contributed by atoms with Crippen LogP contribution >= 0.6 is 0 Å². The minimum absolute atomic E-state index is 0.0844. The summed E-state index contributed by atoms with van der Waals surface area (Å²) in [7, 11) is 3.91. The van der Waals surface area contributed by atoms with Crippen molar-refractivity contribution in [3.63, 3.8) is 0 Å². The quantitative estimate of drug-likeness (QED) is 0.452. The predicted octanol–water partition coefficient (Wildman–Crippen LogP) is 2.62. The lowest BCUT2D eigenvalue weighted by molar-refractivity contribution is 0.0951. The summed E-state index contributed by atoms with van der Waals surface area (Å²) >= 11 is 0. The molecule has 6 heteroatoms. The van der Waals surface area contributed by atoms with Gasteiger partial charge in [0.15, 0.2) is 0 Å². The Morgan fingerprint density at radius 1 is 1.12 bits per heavy atom. The SMILES string of the molecule is CN(C)c1ccc(/C=N/NC(=O)c2cc3ccccc3oc2=O)cc1. The molecule has 25 heavy (non-hydrogen) atoms. The number of hydrazone groups is 1. The minimum atomic E-state index is -0.693. The molecule has 3 aromatic rings. The maximum absolute atomic E-state index is 12.2. The highest BCUT2D eigenvalue weighted by Crippen LogP contribution is 2.13. The molecule has 1 aromatic heterocycles. The van der Waals surface area contributed by atoms with Gasteiger partial charge in [-0.2, -0.15) is 5.10 Å². The van der Waals surface area contributed by atoms with Crippen LogP contribution in [0.5, 0.6) is 0 Å². The number of rotatable bonds is 4. The highest BCUT2D eigenvalue weighted by molar-refractivity contribution is 5.97. The molecular formula is C19H17N3O3. The lowest BCUT2D eigenvalue weighted by Crippen LogP contribution is -2.24. The Hall–Kier alpha value is -3.41. The lowest BCUT2D eigenvalue weighted by Gasteiger charge is -2.11. The zero-order chi connectivity index (χ0) is 17.8. The van der Waals surface area contributed by atoms with Crippen molar-refractivity contribution in [3.8, 4) is 0 Å². The fourth-order valence-corrected chi connectivity index (χ4v) is 2.30. The van der Waals surface area contributed by atoms with Crippen LogP contribution in [0, 0.1) is 0 Å². The number of nitrogens with zero attached hydrogens (tertiary/aromatic N) is 2. The van der Waals surface area contributed by atoms with Crippen LogP contribution < -0.4 is 16.0 Å². The third-order valence-electron chi connectivity index (χ3n) is 3.68. The van der Waals surface area contributed by atoms with Gasteiger partial charge < -0.3 is 9.32 Å². The minimum Gasteiger partial charge on any atom is -0.422 e. The highest BCUT2D eigenvalue weighted by Gasteiger charge is 2.12. The van der Waals surface area contributed by atoms with Gasteiger partial charge in [-0.1, -0.05) is 30.3 Å². The average Bonchev–Trinajstić information content (AvgIpc) is 2.61. The molecule has 126 valence electrons. The number of nitrogens with one attached hydrogen (secondary N) is 1. The number of fused-ring (bicyclic) bond motifs is 1. The topological polar surface area (TPSA) is 74.9 Å². The van der Waals surface area contributed by atoms with Gasteiger partial charge in [0.1, 0.15) is 11.1 Å². The van der Waals surface area contributed by atoms with Crippen molar-refractivity contribution in [2.24, 2.45) is 5.10 Å². The Morgan fingerprint density at radius 2 is 1.84 bits per heavy atom. The van der Waals surface area contributed by atoms with Crippen molar-refractivity contribution in [2.75, 3.05) is 19.0 Å². The average molecular weight is 335 g/mol. The van der Waals surface area contributed by atoms with E-state index in [-0.39, 0.29) is 5.56 Å². The largest absolute Gasteiger partial charge is 0.422 e. The summed E-state index contributed by atoms with van der Waals surface area (Å²) in [5.74, 6) is -0.610. The molecule has 6 nitrogen and oxygen atoms in total. The first kappa shape index (κ1) is 16.4. The van der Waals surface area contributed by atoms with Crippen molar-refractivity contribution in [2.45, 2.75) is 0 Å². The highest BCUT2D eigenvalue weighted by atomic mass is 16.4. The lowest BCUT2D eigenvalue weighted by atomic mass is 10.2. The summed E-state index contributed by atoms with van der Waals surface area (Å²) in [5, 5.41) is 4.57. The van der Waals surface area contributed by atoms with E-state index in [0.29, 0.717) is 11.0 Å². The number of hydrogen-bond donors (Lipinski definition) is 1. The van der Waals surface area contributed by atoms with E-state index in [9.17, 15) is 9.59 Å². The number of benzene rings is 2. The first-order chi connectivity index (χ1) is 12.0. The molecule has 0 bridgehead atoms. The Bertz CT molecular complexity index is 989. The second kappa shape index (κ2) is 7.00. The molecule has 1 N–H and O–H groups in total. The van der Waals surface area contributed by atoms with Gasteiger partial charge in [0.2, 0.25) is 0 Å². The van der Waals surface area contributed by atoms with E-state index in [1.807, 2.05) is 43.3 Å². The Balaban J connectivity index is 1.74. The number of carbonyl (C=O) groups excluding carboxylic acids is 1. The third-order valence-corrected chi connectivity index (χ3v) is 3.68. The predicted molar refractivity (Wildman–Crippen MR) is 98.3 cm³/mol. The summed E-state index contributed by atoms with van der Waals surface area (Å²) in [6, 6.07) is 16.2. The number of amides is 1. The number of para-hydroxylation sites is 1. The molecule has 2 aromatic carbocycles. The molecule has 0 atom stereocenters. The van der Waals surface area contributed by atoms with Crippen LogP contribution in [0.1, 0.15) is 15.9 Å². The molecule has 0 radical (unpaired) electrons. The molecule has 0 aliphatic carbocycles. The molecule has 0 saturated carbocycles. The van der Waals surface area contributed by atoms with Gasteiger partial charge in [-0.05, 0) is 29.8 Å². The molecule has 0 fully saturated rings. The van der Waals surface area contributed by atoms with Gasteiger partial charge in [0.25, 0.3) is 5.91 Å². The van der Waals surface area contributed by atoms with Crippen molar-refractivity contribution in [3.05, 3.63) is 76.1 Å². The molecule has 1 amide bonds. The van der Waals surface area contributed by atoms with Crippen molar-refractivity contribution < 1.29 is 9.21 Å². The van der Waals surface area contributed by atoms with E-state index in [4.69, 9.17) is 4.42 Å². The molecule has 0 unspecified atom stereocenters. The Kier molecular flexibility index (Phi) is 4.61. The van der Waals surface area contributed by atoms with Crippen molar-refractivity contribution in [1.29, 1.82) is 0 Å². The van der Waals surface area contributed by atoms with Gasteiger partial charge in [0.05, 0.1) is 6.21 Å². The van der Waals surface area contributed by atoms with E-state index in [2.05, 4.69) is 10.5 Å². The normalized spacial score (nSPS) is 11.0. The summed E-state index contributed by atoms with van der Waals surface area (Å²) in [5.41, 5.74) is 3.91. The van der Waals surface area contributed by atoms with E-state index >= 15 is 0 Å². The number of carbonyl (C=O) groups is 1. The molecule has 3 rings (SSSR count). The van der Waals surface area contributed by atoms with Crippen LogP contribution in [0.15, 0.2) is 68.9 Å². The van der Waals surface area contributed by atoms with Gasteiger partial charge in [-0.15, -0.1) is 0 Å². The molecule has 0 aliphatic heterocycles. The van der Waals surface area contributed by atoms with Gasteiger partial charge in [-0.3, -0.25) is 4.79 Å². The fraction of sp³-hybridized carbons (Fsp3) is 0.105. The Labute approximate surface area is 144 Å². The third kappa shape index (κ3) is 3.74. The van der Waals surface area contributed by atoms with Gasteiger partial charge in [-0.25, -0.2) is 10.2 Å². The van der Waals surface area contributed by atoms with Crippen molar-refractivity contribution >= 4 is 28.8 Å². The van der Waals surface area contributed by atoms with Crippen LogP contribution in [0.4, 0.5) is 5.69 Å². The number of hydrogen-bond acceptors (Lipinski definition) is 5. The van der Waals surface area contributed by atoms with Gasteiger partial charge >= 0.3 is 5.63 Å². The van der Waals surface area contributed by atoms with E-state index in [1.54, 1.807) is 24.3 Å². The molecule has 1 heterocycles. The summed E-state index contributed by atoms with van der Waals surface area (Å²) < 4.78 is 5.14. The van der Waals surface area contributed by atoms with E-state index in [0.717, 1.165) is 11.3 Å². The fourth-order valence-electron chi connectivity index (χ4n) is 2.30. The van der Waals surface area contributed by atoms with Crippen LogP contribution in [-0.4, -0.2) is 26.2 Å². The van der Waals surface area contributed by atoms with Crippen LogP contribution in [0.2, 0.25) is 0 Å². The maximum Gasteiger partial charge on any atom is 0.349 e. The van der Waals surface area contributed by atoms with Crippen molar-refractivity contribution in [1.82, 2.24) is 5.43 Å². The number of anilines is 1. The maximum atomic E-state index is 12.2. The summed E-state index contributed by atoms with van der Waals surface area (Å²) in [6.07, 6.45) is 1.51. The first-order valence-corrected chi connectivity index (χ1v) is 7.68. The monoisotopic (exact) mass is 335 g/mol. The standard InChI is InChI=1S/C19H17N3O3/c1-22(2)15-9-7-13(8-10-15)12-20-21-18(23)16-11-14-5-3-4-6-17(14)25-19(16)24/h3-12H,1-2H3,(H,21,23)/b20-12+.